The fraction of sp³-hybridized carbons (Fsp3) is 0.333. The first-order valence-corrected chi connectivity index (χ1v) is 13.1. The Kier molecular flexibility index (Phi) is 7.07. The number of nitrogens with two attached hydrogens (primary N) is 1. The maximum Gasteiger partial charge on any atom is 0.255 e. The molecule has 3 aliphatic rings. The van der Waals surface area contributed by atoms with Gasteiger partial charge in [-0.15, -0.1) is 0 Å². The lowest BCUT2D eigenvalue weighted by atomic mass is 9.57. The van der Waals surface area contributed by atoms with Crippen molar-refractivity contribution in [3.05, 3.63) is 63.9 Å². The van der Waals surface area contributed by atoms with Crippen LogP contribution in [0.4, 0.5) is 0 Å². The van der Waals surface area contributed by atoms with E-state index in [0.717, 1.165) is 0 Å². The minimum absolute atomic E-state index is 0.0122. The Morgan fingerprint density at radius 3 is 2.45 bits per heavy atom. The molecular formula is C30H31N3O9. The summed E-state index contributed by atoms with van der Waals surface area (Å²) in [6.45, 7) is 0. The maximum absolute atomic E-state index is 14.0. The summed E-state index contributed by atoms with van der Waals surface area (Å²) in [7, 11) is 6.03. The molecule has 4 atom stereocenters. The number of ether oxygens (including phenoxy) is 1. The predicted molar refractivity (Wildman–Crippen MR) is 151 cm³/mol. The van der Waals surface area contributed by atoms with Gasteiger partial charge in [0, 0.05) is 17.1 Å². The van der Waals surface area contributed by atoms with Gasteiger partial charge in [-0.05, 0) is 73.8 Å². The number of benzene rings is 2. The summed E-state index contributed by atoms with van der Waals surface area (Å²) in [5.41, 5.74) is 4.01. The highest BCUT2D eigenvalue weighted by Crippen LogP contribution is 2.54. The van der Waals surface area contributed by atoms with Gasteiger partial charge in [-0.2, -0.15) is 0 Å². The number of primary amides is 1. The number of phenols is 1. The van der Waals surface area contributed by atoms with Crippen LogP contribution >= 0.6 is 0 Å². The number of rotatable bonds is 6. The molecule has 0 unspecified atom stereocenters. The lowest BCUT2D eigenvalue weighted by Gasteiger charge is -2.50. The SMILES string of the molecule is CO/N=C/c1ccc(OC)c(-c2ccc(O)c3c2C[C@H]2C[C@H]4[C@@H](N(C)C)C(=O)C(C(N)=O)=C(O)[C@@]4(O)C(=O)C2=C3O)c1. The van der Waals surface area contributed by atoms with Gasteiger partial charge in [0.25, 0.3) is 5.91 Å². The van der Waals surface area contributed by atoms with Gasteiger partial charge in [0.05, 0.1) is 24.9 Å². The first kappa shape index (κ1) is 28.8. The Morgan fingerprint density at radius 2 is 1.83 bits per heavy atom. The second kappa shape index (κ2) is 10.3. The van der Waals surface area contributed by atoms with Crippen LogP contribution in [0.25, 0.3) is 16.9 Å². The molecule has 1 fully saturated rings. The van der Waals surface area contributed by atoms with E-state index in [0.29, 0.717) is 28.0 Å². The molecule has 0 saturated heterocycles. The first-order valence-electron chi connectivity index (χ1n) is 13.1. The number of aromatic hydroxyl groups is 1. The second-order valence-corrected chi connectivity index (χ2v) is 10.8. The summed E-state index contributed by atoms with van der Waals surface area (Å²) in [5, 5.41) is 49.0. The maximum atomic E-state index is 14.0. The Bertz CT molecular complexity index is 1620. The number of nitrogens with zero attached hydrogens (tertiary/aromatic N) is 2. The van der Waals surface area contributed by atoms with E-state index in [1.165, 1.54) is 31.4 Å². The number of Topliss-reactive ketones (excluding diaryl/α,β-unsaturated/α-hetero) is 2. The van der Waals surface area contributed by atoms with Crippen molar-refractivity contribution in [2.24, 2.45) is 22.7 Å². The molecular weight excluding hydrogens is 546 g/mol. The van der Waals surface area contributed by atoms with Crippen LogP contribution in [0, 0.1) is 11.8 Å². The fourth-order valence-electron chi connectivity index (χ4n) is 6.63. The van der Waals surface area contributed by atoms with Crippen molar-refractivity contribution in [1.82, 2.24) is 4.90 Å². The molecule has 0 radical (unpaired) electrons. The van der Waals surface area contributed by atoms with Crippen LogP contribution in [0.3, 0.4) is 0 Å². The first-order chi connectivity index (χ1) is 19.9. The molecule has 220 valence electrons. The summed E-state index contributed by atoms with van der Waals surface area (Å²) >= 11 is 0. The summed E-state index contributed by atoms with van der Waals surface area (Å²) in [6.07, 6.45) is 1.63. The third kappa shape index (κ3) is 4.05. The molecule has 0 spiro atoms. The number of carbonyl (C=O) groups excluding carboxylic acids is 3. The van der Waals surface area contributed by atoms with E-state index in [4.69, 9.17) is 15.3 Å². The lowest BCUT2D eigenvalue weighted by Crippen LogP contribution is -2.65. The van der Waals surface area contributed by atoms with E-state index in [-0.39, 0.29) is 29.7 Å². The molecule has 5 rings (SSSR count). The molecule has 42 heavy (non-hydrogen) atoms. The van der Waals surface area contributed by atoms with Gasteiger partial charge in [0.15, 0.2) is 11.4 Å². The molecule has 0 aromatic heterocycles. The van der Waals surface area contributed by atoms with Gasteiger partial charge in [0.2, 0.25) is 5.78 Å². The van der Waals surface area contributed by atoms with Crippen LogP contribution in [0.15, 0.2) is 52.4 Å². The predicted octanol–water partition coefficient (Wildman–Crippen LogP) is 1.62. The second-order valence-electron chi connectivity index (χ2n) is 10.8. The van der Waals surface area contributed by atoms with E-state index in [1.54, 1.807) is 38.4 Å². The highest BCUT2D eigenvalue weighted by Gasteiger charge is 2.64. The lowest BCUT2D eigenvalue weighted by molar-refractivity contribution is -0.153. The standard InChI is InChI=1S/C30H31N3O9/c1-33(2)24-18-11-14-10-17-15(16-9-13(12-32-42-4)5-8-20(16)41-3)6-7-19(34)22(17)25(35)21(14)27(37)30(18,40)28(38)23(26(24)36)29(31)39/h5-9,12,14,18,24,34-35,38,40H,10-11H2,1-4H3,(H2,31,39)/b32-12+/t14-,18-,24+,30-/m0/s1. The Labute approximate surface area is 240 Å². The minimum atomic E-state index is -2.70. The summed E-state index contributed by atoms with van der Waals surface area (Å²) in [5.74, 6) is -6.54. The number of hydrogen-bond donors (Lipinski definition) is 5. The van der Waals surface area contributed by atoms with Crippen molar-refractivity contribution in [3.63, 3.8) is 0 Å². The Morgan fingerprint density at radius 1 is 1.12 bits per heavy atom. The topological polar surface area (TPSA) is 192 Å². The smallest absolute Gasteiger partial charge is 0.255 e. The number of amides is 1. The van der Waals surface area contributed by atoms with Crippen molar-refractivity contribution in [3.8, 4) is 22.6 Å². The number of aliphatic hydroxyl groups is 3. The molecule has 12 nitrogen and oxygen atoms in total. The number of hydrogen-bond acceptors (Lipinski definition) is 11. The van der Waals surface area contributed by atoms with Gasteiger partial charge in [-0.1, -0.05) is 11.2 Å². The number of fused-ring (bicyclic) bond motifs is 3. The third-order valence-electron chi connectivity index (χ3n) is 8.43. The largest absolute Gasteiger partial charge is 0.508 e. The highest BCUT2D eigenvalue weighted by atomic mass is 16.6. The molecule has 2 aromatic rings. The number of carbonyl (C=O) groups is 3. The average molecular weight is 578 g/mol. The third-order valence-corrected chi connectivity index (χ3v) is 8.43. The number of methoxy groups -OCH3 is 1. The zero-order chi connectivity index (χ0) is 30.7. The van der Waals surface area contributed by atoms with Gasteiger partial charge >= 0.3 is 0 Å². The van der Waals surface area contributed by atoms with Crippen LogP contribution in [-0.2, 0) is 25.6 Å². The molecule has 2 aromatic carbocycles. The number of ketones is 2. The van der Waals surface area contributed by atoms with Crippen molar-refractivity contribution >= 4 is 29.4 Å². The van der Waals surface area contributed by atoms with Gasteiger partial charge in [-0.25, -0.2) is 0 Å². The number of oxime groups is 1. The monoisotopic (exact) mass is 577 g/mol. The molecule has 3 aliphatic carbocycles. The van der Waals surface area contributed by atoms with Gasteiger partial charge in [-0.3, -0.25) is 19.3 Å². The molecule has 6 N–H and O–H groups in total. The molecule has 1 amide bonds. The average Bonchev–Trinajstić information content (AvgIpc) is 2.93. The zero-order valence-electron chi connectivity index (χ0n) is 23.4. The summed E-state index contributed by atoms with van der Waals surface area (Å²) in [4.78, 5) is 45.7. The van der Waals surface area contributed by atoms with Crippen LogP contribution in [0.2, 0.25) is 0 Å². The van der Waals surface area contributed by atoms with Crippen LogP contribution in [0.5, 0.6) is 11.5 Å². The summed E-state index contributed by atoms with van der Waals surface area (Å²) < 4.78 is 5.59. The van der Waals surface area contributed by atoms with E-state index in [2.05, 4.69) is 5.16 Å². The molecule has 1 saturated carbocycles. The van der Waals surface area contributed by atoms with Crippen molar-refractivity contribution in [1.29, 1.82) is 0 Å². The van der Waals surface area contributed by atoms with Gasteiger partial charge < -0.3 is 35.7 Å². The van der Waals surface area contributed by atoms with Crippen molar-refractivity contribution < 1.29 is 44.4 Å². The molecule has 12 heteroatoms. The van der Waals surface area contributed by atoms with E-state index >= 15 is 0 Å². The zero-order valence-corrected chi connectivity index (χ0v) is 23.4. The van der Waals surface area contributed by atoms with Crippen LogP contribution in [0.1, 0.15) is 23.1 Å². The Balaban J connectivity index is 1.74. The van der Waals surface area contributed by atoms with Crippen LogP contribution in [-0.4, -0.2) is 89.0 Å². The van der Waals surface area contributed by atoms with E-state index in [9.17, 15) is 34.8 Å². The van der Waals surface area contributed by atoms with Crippen LogP contribution < -0.4 is 10.5 Å². The number of likely N-dealkylation sites (N-methyl/N-ethyl adjacent to an activating group) is 1. The number of aliphatic hydroxyl groups excluding tert-OH is 2. The quantitative estimate of drug-likeness (QED) is 0.191. The molecule has 0 heterocycles. The van der Waals surface area contributed by atoms with Crippen molar-refractivity contribution in [2.75, 3.05) is 28.3 Å². The minimum Gasteiger partial charge on any atom is -0.508 e. The fourth-order valence-corrected chi connectivity index (χ4v) is 6.63. The van der Waals surface area contributed by atoms with Gasteiger partial charge in [0.1, 0.15) is 35.7 Å². The number of phenolic OH excluding ortho intramolecular Hbond substituents is 1. The highest BCUT2D eigenvalue weighted by molar-refractivity contribution is 6.24. The van der Waals surface area contributed by atoms with E-state index in [1.807, 2.05) is 0 Å². The molecule has 0 bridgehead atoms. The Hall–Kier alpha value is -4.68. The van der Waals surface area contributed by atoms with Crippen molar-refractivity contribution in [2.45, 2.75) is 24.5 Å². The summed E-state index contributed by atoms with van der Waals surface area (Å²) in [6, 6.07) is 7.18. The van der Waals surface area contributed by atoms with E-state index < -0.39 is 58.0 Å². The molecule has 0 aliphatic heterocycles. The normalized spacial score (nSPS) is 25.4.